The fourth-order valence-corrected chi connectivity index (χ4v) is 3.49. The molecule has 0 aromatic carbocycles. The van der Waals surface area contributed by atoms with Crippen molar-refractivity contribution in [3.63, 3.8) is 0 Å². The Labute approximate surface area is 185 Å². The van der Waals surface area contributed by atoms with E-state index >= 15 is 0 Å². The van der Waals surface area contributed by atoms with Gasteiger partial charge in [0.25, 0.3) is 0 Å². The number of aliphatic hydroxyl groups excluding tert-OH is 1. The van der Waals surface area contributed by atoms with Gasteiger partial charge in [-0.15, -0.1) is 0 Å². The highest BCUT2D eigenvalue weighted by Gasteiger charge is 2.43. The highest BCUT2D eigenvalue weighted by Crippen LogP contribution is 2.26. The second-order valence-corrected chi connectivity index (χ2v) is 8.04. The Kier molecular flexibility index (Phi) is 15.2. The number of hydrogen-bond donors (Lipinski definition) is 3. The molecule has 0 aliphatic carbocycles. The number of hydrogen-bond acceptors (Lipinski definition) is 9. The molecule has 1 aliphatic rings. The Bertz CT molecular complexity index is 476. The number of ether oxygens (including phenoxy) is 4. The number of thiol groups is 1. The van der Waals surface area contributed by atoms with Crippen molar-refractivity contribution in [1.29, 1.82) is 0 Å². The number of cyclic esters (lactones) is 2. The Morgan fingerprint density at radius 1 is 0.900 bits per heavy atom. The summed E-state index contributed by atoms with van der Waals surface area (Å²) in [7, 11) is 0. The number of unbranched alkanes of at least 4 members (excludes halogenated alkanes) is 8. The molecule has 2 unspecified atom stereocenters. The number of carbonyl (C=O) groups excluding carboxylic acids is 2. The largest absolute Gasteiger partial charge is 0.398 e. The summed E-state index contributed by atoms with van der Waals surface area (Å²) in [5.41, 5.74) is 0. The van der Waals surface area contributed by atoms with Crippen LogP contribution in [-0.4, -0.2) is 66.9 Å². The molecule has 9 heteroatoms. The minimum absolute atomic E-state index is 0.0933. The van der Waals surface area contributed by atoms with E-state index in [-0.39, 0.29) is 32.8 Å². The van der Waals surface area contributed by atoms with E-state index in [0.717, 1.165) is 25.0 Å². The molecule has 0 spiro atoms. The molecule has 0 aromatic heterocycles. The maximum absolute atomic E-state index is 12.3. The van der Waals surface area contributed by atoms with E-state index in [1.807, 2.05) is 0 Å². The van der Waals surface area contributed by atoms with Crippen LogP contribution in [0.25, 0.3) is 0 Å². The molecule has 176 valence electrons. The van der Waals surface area contributed by atoms with E-state index in [1.54, 1.807) is 0 Å². The van der Waals surface area contributed by atoms with Gasteiger partial charge in [-0.25, -0.2) is 0 Å². The lowest BCUT2D eigenvalue weighted by atomic mass is 9.97. The third-order valence-electron chi connectivity index (χ3n) is 4.88. The van der Waals surface area contributed by atoms with E-state index in [2.05, 4.69) is 12.6 Å². The Morgan fingerprint density at radius 3 is 2.13 bits per heavy atom. The van der Waals surface area contributed by atoms with Crippen LogP contribution in [0.1, 0.15) is 70.6 Å². The summed E-state index contributed by atoms with van der Waals surface area (Å²) in [6, 6.07) is 0. The topological polar surface area (TPSA) is 112 Å². The second kappa shape index (κ2) is 16.8. The first-order valence-corrected chi connectivity index (χ1v) is 11.7. The highest BCUT2D eigenvalue weighted by atomic mass is 32.1. The van der Waals surface area contributed by atoms with Crippen molar-refractivity contribution in [3.05, 3.63) is 0 Å². The van der Waals surface area contributed by atoms with Gasteiger partial charge in [-0.2, -0.15) is 12.6 Å². The van der Waals surface area contributed by atoms with Crippen molar-refractivity contribution < 1.29 is 38.7 Å². The summed E-state index contributed by atoms with van der Waals surface area (Å²) in [6.07, 6.45) is 10.7. The van der Waals surface area contributed by atoms with Crippen LogP contribution >= 0.6 is 12.6 Å². The van der Waals surface area contributed by atoms with Gasteiger partial charge < -0.3 is 29.2 Å². The van der Waals surface area contributed by atoms with Crippen LogP contribution < -0.4 is 0 Å². The predicted molar refractivity (Wildman–Crippen MR) is 114 cm³/mol. The summed E-state index contributed by atoms with van der Waals surface area (Å²) in [6.45, 7) is -0.131. The molecule has 1 saturated heterocycles. The van der Waals surface area contributed by atoms with Crippen LogP contribution in [0.4, 0.5) is 0 Å². The quantitative estimate of drug-likeness (QED) is 0.166. The average Bonchev–Trinajstić information content (AvgIpc) is 2.81. The van der Waals surface area contributed by atoms with Crippen molar-refractivity contribution >= 4 is 24.6 Å². The average molecular weight is 451 g/mol. The summed E-state index contributed by atoms with van der Waals surface area (Å²) >= 11 is 4.21. The molecule has 1 rings (SSSR count). The van der Waals surface area contributed by atoms with E-state index in [9.17, 15) is 14.7 Å². The van der Waals surface area contributed by atoms with Crippen LogP contribution in [0.5, 0.6) is 0 Å². The summed E-state index contributed by atoms with van der Waals surface area (Å²) in [5, 5.41) is 18.9. The zero-order valence-corrected chi connectivity index (χ0v) is 18.8. The molecule has 0 aromatic rings. The van der Waals surface area contributed by atoms with E-state index in [0.29, 0.717) is 6.42 Å². The first kappa shape index (κ1) is 27.2. The minimum atomic E-state index is -2.41. The van der Waals surface area contributed by atoms with E-state index in [1.165, 1.54) is 38.5 Å². The smallest absolute Gasteiger partial charge is 0.396 e. The molecule has 1 fully saturated rings. The molecule has 0 radical (unpaired) electrons. The fourth-order valence-electron chi connectivity index (χ4n) is 3.27. The zero-order valence-electron chi connectivity index (χ0n) is 17.9. The number of aliphatic hydroxyl groups is 2. The van der Waals surface area contributed by atoms with Crippen LogP contribution in [0.3, 0.4) is 0 Å². The molecule has 8 nitrogen and oxygen atoms in total. The molecule has 0 bridgehead atoms. The standard InChI is InChI=1S/C21H38O8S/c22-11-12-26-13-14-27-17-21(25)28-19(23)16-18(20(24)29-21)10-8-6-4-2-1-3-5-7-9-15-30/h18,22,25,30H,1-17H2. The normalized spacial score (nSPS) is 21.9. The third kappa shape index (κ3) is 12.7. The van der Waals surface area contributed by atoms with Gasteiger partial charge in [0.1, 0.15) is 0 Å². The maximum Gasteiger partial charge on any atom is 0.398 e. The number of carbonyl (C=O) groups is 2. The molecule has 0 saturated carbocycles. The second-order valence-electron chi connectivity index (χ2n) is 7.59. The predicted octanol–water partition coefficient (Wildman–Crippen LogP) is 2.60. The lowest BCUT2D eigenvalue weighted by molar-refractivity contribution is -0.338. The van der Waals surface area contributed by atoms with Crippen LogP contribution in [0.15, 0.2) is 0 Å². The Balaban J connectivity index is 2.21. The third-order valence-corrected chi connectivity index (χ3v) is 5.20. The van der Waals surface area contributed by atoms with E-state index in [4.69, 9.17) is 24.1 Å². The molecule has 30 heavy (non-hydrogen) atoms. The van der Waals surface area contributed by atoms with Gasteiger partial charge in [-0.3, -0.25) is 9.59 Å². The van der Waals surface area contributed by atoms with Crippen molar-refractivity contribution in [3.8, 4) is 0 Å². The lowest BCUT2D eigenvalue weighted by Crippen LogP contribution is -2.43. The van der Waals surface area contributed by atoms with Crippen molar-refractivity contribution in [2.24, 2.45) is 5.92 Å². The SMILES string of the molecule is O=C1CC(CCCCCCCCCCCS)C(=O)OC(O)(COCCOCCO)O1. The molecule has 2 N–H and O–H groups in total. The van der Waals surface area contributed by atoms with Crippen LogP contribution in [-0.2, 0) is 28.5 Å². The lowest BCUT2D eigenvalue weighted by Gasteiger charge is -2.24. The van der Waals surface area contributed by atoms with Gasteiger partial charge in [0.15, 0.2) is 6.61 Å². The first-order chi connectivity index (χ1) is 14.5. The van der Waals surface area contributed by atoms with Crippen molar-refractivity contribution in [2.45, 2.75) is 76.6 Å². The highest BCUT2D eigenvalue weighted by molar-refractivity contribution is 7.80. The minimum Gasteiger partial charge on any atom is -0.396 e. The van der Waals surface area contributed by atoms with Crippen molar-refractivity contribution in [2.75, 3.05) is 38.8 Å². The van der Waals surface area contributed by atoms with Gasteiger partial charge in [0.2, 0.25) is 0 Å². The van der Waals surface area contributed by atoms with Crippen LogP contribution in [0, 0.1) is 5.92 Å². The number of rotatable bonds is 18. The number of esters is 2. The molecule has 0 amide bonds. The van der Waals surface area contributed by atoms with Crippen LogP contribution in [0.2, 0.25) is 0 Å². The van der Waals surface area contributed by atoms with Gasteiger partial charge in [-0.05, 0) is 18.6 Å². The molecule has 1 heterocycles. The maximum atomic E-state index is 12.3. The van der Waals surface area contributed by atoms with Gasteiger partial charge >= 0.3 is 17.9 Å². The molecule has 2 atom stereocenters. The summed E-state index contributed by atoms with van der Waals surface area (Å²) in [4.78, 5) is 24.3. The van der Waals surface area contributed by atoms with E-state index < -0.39 is 30.4 Å². The van der Waals surface area contributed by atoms with Gasteiger partial charge in [-0.1, -0.05) is 51.4 Å². The molecule has 1 aliphatic heterocycles. The van der Waals surface area contributed by atoms with Crippen molar-refractivity contribution in [1.82, 2.24) is 0 Å². The monoisotopic (exact) mass is 450 g/mol. The molecular weight excluding hydrogens is 412 g/mol. The first-order valence-electron chi connectivity index (χ1n) is 11.0. The Hall–Kier alpha value is -0.870. The molecular formula is C21H38O8S. The summed E-state index contributed by atoms with van der Waals surface area (Å²) in [5.74, 6) is -3.39. The Morgan fingerprint density at radius 2 is 1.50 bits per heavy atom. The van der Waals surface area contributed by atoms with Gasteiger partial charge in [0, 0.05) is 0 Å². The van der Waals surface area contributed by atoms with Gasteiger partial charge in [0.05, 0.1) is 38.8 Å². The zero-order chi connectivity index (χ0) is 22.1. The summed E-state index contributed by atoms with van der Waals surface area (Å²) < 4.78 is 20.1. The fraction of sp³-hybridized carbons (Fsp3) is 0.905.